The Hall–Kier alpha value is -3.25. The molecule has 1 aromatic heterocycles. The fraction of sp³-hybridized carbons (Fsp3) is 0.346. The van der Waals surface area contributed by atoms with E-state index in [9.17, 15) is 4.79 Å². The van der Waals surface area contributed by atoms with Crippen LogP contribution in [0.25, 0.3) is 11.4 Å². The number of carbonyl (C=O) groups excluding carboxylic acids is 1. The molecule has 0 aliphatic carbocycles. The number of carbonyl (C=O) groups is 1. The normalized spacial score (nSPS) is 26.9. The number of hydrogen-bond donors (Lipinski definition) is 0. The van der Waals surface area contributed by atoms with Crippen LogP contribution in [0.4, 0.5) is 5.69 Å². The van der Waals surface area contributed by atoms with Gasteiger partial charge in [-0.05, 0) is 62.2 Å². The summed E-state index contributed by atoms with van der Waals surface area (Å²) >= 11 is 0. The van der Waals surface area contributed by atoms with Crippen LogP contribution in [0.3, 0.4) is 0 Å². The van der Waals surface area contributed by atoms with Gasteiger partial charge >= 0.3 is 0 Å². The minimum atomic E-state index is -0.366. The Kier molecular flexibility index (Phi) is 4.50. The highest BCUT2D eigenvalue weighted by atomic mass is 16.5. The molecule has 3 fully saturated rings. The lowest BCUT2D eigenvalue weighted by Gasteiger charge is -2.33. The third-order valence-corrected chi connectivity index (χ3v) is 7.52. The molecule has 0 radical (unpaired) electrons. The first kappa shape index (κ1) is 19.4. The molecule has 2 aromatic carbocycles. The summed E-state index contributed by atoms with van der Waals surface area (Å²) in [7, 11) is 1.66. The van der Waals surface area contributed by atoms with E-state index in [2.05, 4.69) is 14.9 Å². The van der Waals surface area contributed by atoms with Gasteiger partial charge in [-0.15, -0.1) is 0 Å². The van der Waals surface area contributed by atoms with Crippen LogP contribution in [-0.2, 0) is 4.79 Å². The van der Waals surface area contributed by atoms with Gasteiger partial charge in [-0.25, -0.2) is 9.97 Å². The first-order chi connectivity index (χ1) is 15.7. The lowest BCUT2D eigenvalue weighted by atomic mass is 9.85. The van der Waals surface area contributed by atoms with Crippen molar-refractivity contribution >= 4 is 11.6 Å². The van der Waals surface area contributed by atoms with Crippen LogP contribution in [0.5, 0.6) is 5.75 Å². The number of ether oxygens (including phenoxy) is 1. The van der Waals surface area contributed by atoms with Gasteiger partial charge in [0.1, 0.15) is 11.3 Å². The molecule has 0 N–H and O–H groups in total. The van der Waals surface area contributed by atoms with Gasteiger partial charge in [0.05, 0.1) is 7.11 Å². The third-order valence-electron chi connectivity index (χ3n) is 7.52. The standard InChI is InChI=1S/C26H26N4O2/c1-32-22-10-8-18(9-11-22)24-27-15-19(16-28-24)23-14-20-17-29(21-6-3-2-4-7-21)25(31)26(20)12-5-13-30(23)26/h2-4,6-11,15-16,20,23H,5,12-14,17H2,1H3/t20-,23-,26-/m0/s1. The van der Waals surface area contributed by atoms with E-state index in [0.29, 0.717) is 11.7 Å². The van der Waals surface area contributed by atoms with E-state index in [-0.39, 0.29) is 17.5 Å². The zero-order chi connectivity index (χ0) is 21.7. The van der Waals surface area contributed by atoms with Gasteiger partial charge in [0.15, 0.2) is 5.82 Å². The molecule has 6 rings (SSSR count). The van der Waals surface area contributed by atoms with Crippen LogP contribution >= 0.6 is 0 Å². The molecule has 6 nitrogen and oxygen atoms in total. The second kappa shape index (κ2) is 7.41. The number of methoxy groups -OCH3 is 1. The molecule has 1 spiro atoms. The van der Waals surface area contributed by atoms with Crippen molar-refractivity contribution in [1.82, 2.24) is 14.9 Å². The Labute approximate surface area is 187 Å². The van der Waals surface area contributed by atoms with E-state index in [4.69, 9.17) is 4.74 Å². The molecule has 3 aliphatic heterocycles. The van der Waals surface area contributed by atoms with Crippen molar-refractivity contribution in [2.45, 2.75) is 30.8 Å². The average Bonchev–Trinajstić information content (AvgIpc) is 3.49. The molecule has 4 heterocycles. The molecule has 1 amide bonds. The highest BCUT2D eigenvalue weighted by Gasteiger charge is 2.65. The van der Waals surface area contributed by atoms with Gasteiger partial charge in [-0.3, -0.25) is 9.69 Å². The number of hydrogen-bond acceptors (Lipinski definition) is 5. The van der Waals surface area contributed by atoms with Crippen molar-refractivity contribution in [2.24, 2.45) is 5.92 Å². The summed E-state index contributed by atoms with van der Waals surface area (Å²) in [6.07, 6.45) is 6.88. The highest BCUT2D eigenvalue weighted by molar-refractivity contribution is 6.03. The summed E-state index contributed by atoms with van der Waals surface area (Å²) in [5.74, 6) is 2.13. The largest absolute Gasteiger partial charge is 0.497 e. The van der Waals surface area contributed by atoms with Gasteiger partial charge in [-0.2, -0.15) is 0 Å². The first-order valence-corrected chi connectivity index (χ1v) is 11.3. The minimum Gasteiger partial charge on any atom is -0.497 e. The van der Waals surface area contributed by atoms with Crippen LogP contribution in [0.1, 0.15) is 30.9 Å². The van der Waals surface area contributed by atoms with Gasteiger partial charge in [0, 0.05) is 47.7 Å². The summed E-state index contributed by atoms with van der Waals surface area (Å²) in [5, 5.41) is 0. The maximum Gasteiger partial charge on any atom is 0.247 e. The summed E-state index contributed by atoms with van der Waals surface area (Å²) in [4.78, 5) is 27.5. The molecule has 32 heavy (non-hydrogen) atoms. The molecular weight excluding hydrogens is 400 g/mol. The summed E-state index contributed by atoms with van der Waals surface area (Å²) < 4.78 is 5.23. The van der Waals surface area contributed by atoms with Gasteiger partial charge in [-0.1, -0.05) is 18.2 Å². The van der Waals surface area contributed by atoms with E-state index in [0.717, 1.165) is 54.9 Å². The fourth-order valence-electron chi connectivity index (χ4n) is 6.04. The molecule has 0 saturated carbocycles. The highest BCUT2D eigenvalue weighted by Crippen LogP contribution is 2.56. The van der Waals surface area contributed by atoms with E-state index in [1.807, 2.05) is 71.9 Å². The molecule has 3 saturated heterocycles. The summed E-state index contributed by atoms with van der Waals surface area (Å²) in [6.45, 7) is 1.75. The van der Waals surface area contributed by atoms with Crippen molar-refractivity contribution in [3.05, 3.63) is 72.6 Å². The fourth-order valence-corrected chi connectivity index (χ4v) is 6.04. The summed E-state index contributed by atoms with van der Waals surface area (Å²) in [6, 6.07) is 18.1. The Balaban J connectivity index is 1.27. The number of amides is 1. The van der Waals surface area contributed by atoms with E-state index < -0.39 is 0 Å². The van der Waals surface area contributed by atoms with Crippen molar-refractivity contribution in [2.75, 3.05) is 25.1 Å². The number of benzene rings is 2. The Morgan fingerprint density at radius 1 is 1.03 bits per heavy atom. The lowest BCUT2D eigenvalue weighted by molar-refractivity contribution is -0.126. The molecule has 0 bridgehead atoms. The van der Waals surface area contributed by atoms with Crippen LogP contribution in [0, 0.1) is 5.92 Å². The number of anilines is 1. The van der Waals surface area contributed by atoms with Crippen molar-refractivity contribution in [3.8, 4) is 17.1 Å². The van der Waals surface area contributed by atoms with Gasteiger partial charge in [0.2, 0.25) is 5.91 Å². The number of nitrogens with zero attached hydrogens (tertiary/aromatic N) is 4. The quantitative estimate of drug-likeness (QED) is 0.629. The monoisotopic (exact) mass is 426 g/mol. The first-order valence-electron chi connectivity index (χ1n) is 11.3. The van der Waals surface area contributed by atoms with Gasteiger partial charge in [0.25, 0.3) is 0 Å². The third kappa shape index (κ3) is 2.79. The second-order valence-corrected chi connectivity index (χ2v) is 8.99. The smallest absolute Gasteiger partial charge is 0.247 e. The lowest BCUT2D eigenvalue weighted by Crippen LogP contribution is -2.49. The van der Waals surface area contributed by atoms with Crippen LogP contribution in [0.2, 0.25) is 0 Å². The molecule has 162 valence electrons. The Morgan fingerprint density at radius 2 is 1.78 bits per heavy atom. The molecule has 6 heteroatoms. The predicted molar refractivity (Wildman–Crippen MR) is 122 cm³/mol. The molecule has 0 unspecified atom stereocenters. The van der Waals surface area contributed by atoms with E-state index in [1.165, 1.54) is 0 Å². The Morgan fingerprint density at radius 3 is 2.50 bits per heavy atom. The van der Waals surface area contributed by atoms with Gasteiger partial charge < -0.3 is 9.64 Å². The number of rotatable bonds is 4. The summed E-state index contributed by atoms with van der Waals surface area (Å²) in [5.41, 5.74) is 2.72. The minimum absolute atomic E-state index is 0.203. The predicted octanol–water partition coefficient (Wildman–Crippen LogP) is 4.09. The maximum atomic E-state index is 13.7. The SMILES string of the molecule is COc1ccc(-c2ncc([C@@H]3C[C@H]4CN(c5ccccc5)C(=O)[C@]45CCCN35)cn2)cc1. The Bertz CT molecular complexity index is 1130. The van der Waals surface area contributed by atoms with Crippen LogP contribution < -0.4 is 9.64 Å². The van der Waals surface area contributed by atoms with Crippen LogP contribution in [0.15, 0.2) is 67.0 Å². The number of para-hydroxylation sites is 1. The zero-order valence-electron chi connectivity index (χ0n) is 18.1. The van der Waals surface area contributed by atoms with Crippen LogP contribution in [-0.4, -0.2) is 46.5 Å². The van der Waals surface area contributed by atoms with Crippen molar-refractivity contribution in [1.29, 1.82) is 0 Å². The van der Waals surface area contributed by atoms with Crippen molar-refractivity contribution in [3.63, 3.8) is 0 Å². The molecular formula is C26H26N4O2. The molecule has 3 aliphatic rings. The van der Waals surface area contributed by atoms with E-state index >= 15 is 0 Å². The topological polar surface area (TPSA) is 58.6 Å². The average molecular weight is 427 g/mol. The number of aromatic nitrogens is 2. The van der Waals surface area contributed by atoms with Crippen molar-refractivity contribution < 1.29 is 9.53 Å². The second-order valence-electron chi connectivity index (χ2n) is 8.99. The van der Waals surface area contributed by atoms with E-state index in [1.54, 1.807) is 7.11 Å². The molecule has 3 aromatic rings. The zero-order valence-corrected chi connectivity index (χ0v) is 18.1. The maximum absolute atomic E-state index is 13.7. The molecule has 3 atom stereocenters.